The third kappa shape index (κ3) is 5.57. The molecule has 0 bridgehead atoms. The van der Waals surface area contributed by atoms with E-state index in [2.05, 4.69) is 11.1 Å². The van der Waals surface area contributed by atoms with Gasteiger partial charge in [-0.1, -0.05) is 12.1 Å². The highest BCUT2D eigenvalue weighted by Crippen LogP contribution is 2.33. The number of carbonyl (C=O) groups excluding carboxylic acids is 3. The van der Waals surface area contributed by atoms with Gasteiger partial charge in [0.25, 0.3) is 17.5 Å². The summed E-state index contributed by atoms with van der Waals surface area (Å²) in [6.45, 7) is 1.84. The van der Waals surface area contributed by atoms with E-state index < -0.39 is 35.0 Å². The van der Waals surface area contributed by atoms with Crippen LogP contribution in [-0.4, -0.2) is 65.6 Å². The summed E-state index contributed by atoms with van der Waals surface area (Å²) in [6, 6.07) is 17.0. The molecule has 11 nitrogen and oxygen atoms in total. The minimum atomic E-state index is -1.16. The van der Waals surface area contributed by atoms with Crippen LogP contribution in [0.5, 0.6) is 0 Å². The molecular formula is C29H26N4O7S. The van der Waals surface area contributed by atoms with E-state index in [1.807, 2.05) is 19.1 Å². The Morgan fingerprint density at radius 1 is 1.12 bits per heavy atom. The highest BCUT2D eigenvalue weighted by Gasteiger charge is 2.45. The molecule has 1 aliphatic heterocycles. The fraction of sp³-hybridized carbons (Fsp3) is 0.241. The zero-order valence-corrected chi connectivity index (χ0v) is 23.3. The van der Waals surface area contributed by atoms with Crippen LogP contribution in [0, 0.1) is 17.0 Å². The van der Waals surface area contributed by atoms with E-state index >= 15 is 0 Å². The number of ether oxygens (including phenoxy) is 2. The number of aryl methyl sites for hydroxylation is 1. The number of nitrogens with zero attached hydrogens (tertiary/aromatic N) is 4. The molecule has 4 aromatic rings. The summed E-state index contributed by atoms with van der Waals surface area (Å²) >= 11 is 1.55. The molecule has 1 saturated heterocycles. The van der Waals surface area contributed by atoms with E-state index in [4.69, 9.17) is 9.47 Å². The normalized spacial score (nSPS) is 15.2. The molecule has 5 rings (SSSR count). The lowest BCUT2D eigenvalue weighted by Crippen LogP contribution is -2.49. The summed E-state index contributed by atoms with van der Waals surface area (Å²) in [4.78, 5) is 57.9. The van der Waals surface area contributed by atoms with E-state index in [9.17, 15) is 24.5 Å². The fourth-order valence-corrected chi connectivity index (χ4v) is 5.78. The molecule has 41 heavy (non-hydrogen) atoms. The van der Waals surface area contributed by atoms with Crippen LogP contribution in [0.3, 0.4) is 0 Å². The van der Waals surface area contributed by atoms with Gasteiger partial charge < -0.3 is 14.4 Å². The smallest absolute Gasteiger partial charge is 0.270 e. The lowest BCUT2D eigenvalue weighted by atomic mass is 10.1. The molecule has 3 amide bonds. The summed E-state index contributed by atoms with van der Waals surface area (Å²) in [5, 5.41) is 12.1. The number of non-ortho nitro benzene ring substituents is 1. The van der Waals surface area contributed by atoms with E-state index in [0.29, 0.717) is 5.69 Å². The zero-order valence-electron chi connectivity index (χ0n) is 22.5. The second-order valence-electron chi connectivity index (χ2n) is 9.49. The summed E-state index contributed by atoms with van der Waals surface area (Å²) in [5.74, 6) is -1.74. The number of imide groups is 1. The van der Waals surface area contributed by atoms with E-state index in [1.54, 1.807) is 35.6 Å². The predicted molar refractivity (Wildman–Crippen MR) is 153 cm³/mol. The minimum absolute atomic E-state index is 0.000707. The van der Waals surface area contributed by atoms with Gasteiger partial charge in [0.1, 0.15) is 11.0 Å². The average Bonchev–Trinajstić information content (AvgIpc) is 3.53. The van der Waals surface area contributed by atoms with Gasteiger partial charge in [-0.25, -0.2) is 9.88 Å². The first-order valence-electron chi connectivity index (χ1n) is 12.7. The van der Waals surface area contributed by atoms with Crippen LogP contribution in [0.25, 0.3) is 20.8 Å². The molecule has 0 aliphatic carbocycles. The Morgan fingerprint density at radius 2 is 1.85 bits per heavy atom. The van der Waals surface area contributed by atoms with Crippen LogP contribution >= 0.6 is 11.3 Å². The van der Waals surface area contributed by atoms with Crippen LogP contribution < -0.4 is 4.90 Å². The van der Waals surface area contributed by atoms with Crippen molar-refractivity contribution in [2.45, 2.75) is 25.7 Å². The van der Waals surface area contributed by atoms with Crippen molar-refractivity contribution in [3.8, 4) is 10.6 Å². The molecule has 2 heterocycles. The van der Waals surface area contributed by atoms with Crippen molar-refractivity contribution in [1.82, 2.24) is 9.88 Å². The summed E-state index contributed by atoms with van der Waals surface area (Å²) in [6.07, 6.45) is -1.16. The topological polar surface area (TPSA) is 132 Å². The average molecular weight is 575 g/mol. The Hall–Kier alpha value is -4.52. The molecule has 1 atom stereocenters. The summed E-state index contributed by atoms with van der Waals surface area (Å²) in [7, 11) is 2.76. The number of methoxy groups -OCH3 is 2. The Balaban J connectivity index is 1.42. The van der Waals surface area contributed by atoms with Crippen molar-refractivity contribution in [3.05, 3.63) is 88.0 Å². The predicted octanol–water partition coefficient (Wildman–Crippen LogP) is 4.57. The number of rotatable bonds is 9. The number of carbonyl (C=O) groups is 3. The maximum atomic E-state index is 13.6. The SMILES string of the molecule is COC(CN(C(=O)c1cccc([N+](=O)[O-])c1)C1CC(=O)N(c2ccc(-c3nc4ccc(C)cc4s3)cc2)C1=O)OC. The van der Waals surface area contributed by atoms with Crippen molar-refractivity contribution in [2.24, 2.45) is 0 Å². The maximum absolute atomic E-state index is 13.6. The minimum Gasteiger partial charge on any atom is -0.354 e. The fourth-order valence-electron chi connectivity index (χ4n) is 4.71. The molecule has 3 aromatic carbocycles. The number of anilines is 1. The highest BCUT2D eigenvalue weighted by atomic mass is 32.1. The number of nitro groups is 1. The van der Waals surface area contributed by atoms with Crippen molar-refractivity contribution < 1.29 is 28.8 Å². The van der Waals surface area contributed by atoms with Crippen molar-refractivity contribution in [3.63, 3.8) is 0 Å². The Bertz CT molecular complexity index is 1650. The number of amides is 3. The third-order valence-electron chi connectivity index (χ3n) is 6.85. The quantitative estimate of drug-likeness (QED) is 0.123. The zero-order chi connectivity index (χ0) is 29.3. The first-order valence-corrected chi connectivity index (χ1v) is 13.5. The molecular weight excluding hydrogens is 548 g/mol. The van der Waals surface area contributed by atoms with Crippen molar-refractivity contribution >= 4 is 50.6 Å². The molecule has 1 aliphatic rings. The van der Waals surface area contributed by atoms with Gasteiger partial charge in [0.05, 0.1) is 33.8 Å². The number of nitro benzene ring substituents is 1. The van der Waals surface area contributed by atoms with Gasteiger partial charge >= 0.3 is 0 Å². The van der Waals surface area contributed by atoms with Crippen LogP contribution in [0.2, 0.25) is 0 Å². The second kappa shape index (κ2) is 11.5. The maximum Gasteiger partial charge on any atom is 0.270 e. The highest BCUT2D eigenvalue weighted by molar-refractivity contribution is 7.21. The Labute approximate surface area is 239 Å². The van der Waals surface area contributed by atoms with Crippen LogP contribution in [0.4, 0.5) is 11.4 Å². The summed E-state index contributed by atoms with van der Waals surface area (Å²) in [5.41, 5.74) is 2.97. The van der Waals surface area contributed by atoms with E-state index in [0.717, 1.165) is 37.3 Å². The summed E-state index contributed by atoms with van der Waals surface area (Å²) < 4.78 is 11.6. The van der Waals surface area contributed by atoms with Gasteiger partial charge in [-0.05, 0) is 55.0 Å². The Morgan fingerprint density at radius 3 is 2.54 bits per heavy atom. The van der Waals surface area contributed by atoms with Gasteiger partial charge in [0.15, 0.2) is 6.29 Å². The van der Waals surface area contributed by atoms with E-state index in [-0.39, 0.29) is 24.2 Å². The molecule has 0 spiro atoms. The number of benzene rings is 3. The van der Waals surface area contributed by atoms with Crippen LogP contribution in [-0.2, 0) is 19.1 Å². The molecule has 12 heteroatoms. The molecule has 1 aromatic heterocycles. The second-order valence-corrected chi connectivity index (χ2v) is 10.5. The Kier molecular flexibility index (Phi) is 7.88. The number of hydrogen-bond acceptors (Lipinski definition) is 9. The lowest BCUT2D eigenvalue weighted by Gasteiger charge is -2.30. The van der Waals surface area contributed by atoms with E-state index in [1.165, 1.54) is 37.3 Å². The molecule has 0 N–H and O–H groups in total. The van der Waals surface area contributed by atoms with Gasteiger partial charge in [-0.2, -0.15) is 0 Å². The van der Waals surface area contributed by atoms with Crippen molar-refractivity contribution in [2.75, 3.05) is 25.7 Å². The number of hydrogen-bond donors (Lipinski definition) is 0. The molecule has 1 fully saturated rings. The third-order valence-corrected chi connectivity index (χ3v) is 7.92. The van der Waals surface area contributed by atoms with Gasteiger partial charge in [-0.15, -0.1) is 11.3 Å². The van der Waals surface area contributed by atoms with Crippen LogP contribution in [0.15, 0.2) is 66.7 Å². The first-order chi connectivity index (χ1) is 19.7. The standard InChI is InChI=1S/C29H26N4O7S/c1-17-7-12-22-24(13-17)41-27(30-22)18-8-10-20(11-9-18)32-25(34)15-23(29(32)36)31(16-26(39-2)40-3)28(35)19-5-4-6-21(14-19)33(37)38/h4-14,23,26H,15-16H2,1-3H3. The van der Waals surface area contributed by atoms with Gasteiger partial charge in [0, 0.05) is 37.5 Å². The molecule has 0 radical (unpaired) electrons. The lowest BCUT2D eigenvalue weighted by molar-refractivity contribution is -0.384. The monoisotopic (exact) mass is 574 g/mol. The van der Waals surface area contributed by atoms with Crippen LogP contribution in [0.1, 0.15) is 22.3 Å². The van der Waals surface area contributed by atoms with Crippen molar-refractivity contribution in [1.29, 1.82) is 0 Å². The molecule has 210 valence electrons. The van der Waals surface area contributed by atoms with Gasteiger partial charge in [0.2, 0.25) is 5.91 Å². The number of thiazole rings is 1. The molecule has 1 unspecified atom stereocenters. The number of aromatic nitrogens is 1. The first kappa shape index (κ1) is 28.0. The number of fused-ring (bicyclic) bond motifs is 1. The largest absolute Gasteiger partial charge is 0.354 e. The van der Waals surface area contributed by atoms with Gasteiger partial charge in [-0.3, -0.25) is 24.5 Å². The molecule has 0 saturated carbocycles.